The van der Waals surface area contributed by atoms with E-state index in [0.717, 1.165) is 11.1 Å². The van der Waals surface area contributed by atoms with Gasteiger partial charge >= 0.3 is 0 Å². The van der Waals surface area contributed by atoms with Crippen LogP contribution in [0.15, 0.2) is 35.4 Å². The number of nitrogens with zero attached hydrogens (tertiary/aromatic N) is 1. The van der Waals surface area contributed by atoms with Crippen molar-refractivity contribution in [2.24, 2.45) is 5.10 Å². The first-order chi connectivity index (χ1) is 13.4. The minimum Gasteiger partial charge on any atom is -0.490 e. The molecule has 0 bridgehead atoms. The zero-order valence-electron chi connectivity index (χ0n) is 16.2. The van der Waals surface area contributed by atoms with Gasteiger partial charge in [-0.2, -0.15) is 5.10 Å². The van der Waals surface area contributed by atoms with Crippen molar-refractivity contribution in [3.8, 4) is 23.8 Å². The molecule has 1 amide bonds. The van der Waals surface area contributed by atoms with Crippen LogP contribution in [0.1, 0.15) is 29.2 Å². The van der Waals surface area contributed by atoms with Crippen molar-refractivity contribution >= 4 is 23.7 Å². The molecule has 6 heteroatoms. The van der Waals surface area contributed by atoms with Gasteiger partial charge in [0.25, 0.3) is 0 Å². The third-order valence-corrected chi connectivity index (χ3v) is 4.25. The van der Waals surface area contributed by atoms with Gasteiger partial charge in [0.2, 0.25) is 5.91 Å². The highest BCUT2D eigenvalue weighted by molar-refractivity contribution is 6.32. The fourth-order valence-corrected chi connectivity index (χ4v) is 2.77. The van der Waals surface area contributed by atoms with Crippen LogP contribution in [0, 0.1) is 26.2 Å². The number of benzene rings is 2. The number of carbonyl (C=O) groups is 1. The second-order valence-corrected chi connectivity index (χ2v) is 6.55. The normalized spacial score (nSPS) is 10.5. The third-order valence-electron chi connectivity index (χ3n) is 3.97. The van der Waals surface area contributed by atoms with Crippen LogP contribution in [0.25, 0.3) is 0 Å². The van der Waals surface area contributed by atoms with Gasteiger partial charge in [-0.3, -0.25) is 4.79 Å². The molecule has 0 unspecified atom stereocenters. The molecule has 1 N–H and O–H groups in total. The number of carbonyl (C=O) groups excluding carboxylic acids is 1. The van der Waals surface area contributed by atoms with E-state index in [-0.39, 0.29) is 18.9 Å². The smallest absolute Gasteiger partial charge is 0.244 e. The maximum Gasteiger partial charge on any atom is 0.244 e. The number of nitrogens with one attached hydrogen (secondary N) is 1. The zero-order valence-corrected chi connectivity index (χ0v) is 17.0. The average molecular weight is 399 g/mol. The quantitative estimate of drug-likeness (QED) is 0.414. The van der Waals surface area contributed by atoms with E-state index in [9.17, 15) is 4.79 Å². The largest absolute Gasteiger partial charge is 0.490 e. The van der Waals surface area contributed by atoms with Gasteiger partial charge in [0.05, 0.1) is 24.3 Å². The number of halogens is 1. The molecule has 0 saturated heterocycles. The minimum absolute atomic E-state index is 0.0851. The Labute approximate surface area is 170 Å². The Kier molecular flexibility index (Phi) is 7.91. The van der Waals surface area contributed by atoms with E-state index in [1.165, 1.54) is 11.8 Å². The maximum absolute atomic E-state index is 12.1. The Bertz CT molecular complexity index is 917. The molecule has 0 heterocycles. The van der Waals surface area contributed by atoms with Crippen LogP contribution in [0.3, 0.4) is 0 Å². The molecule has 0 spiro atoms. The summed E-state index contributed by atoms with van der Waals surface area (Å²) in [7, 11) is 0. The van der Waals surface area contributed by atoms with Gasteiger partial charge in [-0.1, -0.05) is 35.7 Å². The Morgan fingerprint density at radius 1 is 1.25 bits per heavy atom. The summed E-state index contributed by atoms with van der Waals surface area (Å²) in [5, 5.41) is 4.35. The predicted molar refractivity (Wildman–Crippen MR) is 112 cm³/mol. The second kappa shape index (κ2) is 10.4. The average Bonchev–Trinajstić information content (AvgIpc) is 2.64. The Balaban J connectivity index is 2.05. The first-order valence-corrected chi connectivity index (χ1v) is 9.23. The number of hydrazone groups is 1. The van der Waals surface area contributed by atoms with E-state index in [1.54, 1.807) is 12.1 Å². The number of rotatable bonds is 8. The summed E-state index contributed by atoms with van der Waals surface area (Å²) in [6, 6.07) is 9.33. The van der Waals surface area contributed by atoms with Gasteiger partial charge in [-0.05, 0) is 55.2 Å². The lowest BCUT2D eigenvalue weighted by Gasteiger charge is -2.12. The monoisotopic (exact) mass is 398 g/mol. The lowest BCUT2D eigenvalue weighted by atomic mass is 10.0. The fraction of sp³-hybridized carbons (Fsp3) is 0.273. The summed E-state index contributed by atoms with van der Waals surface area (Å²) in [4.78, 5) is 12.1. The Hall–Kier alpha value is -2.97. The molecule has 0 saturated carbocycles. The first kappa shape index (κ1) is 21.3. The van der Waals surface area contributed by atoms with Crippen LogP contribution >= 0.6 is 11.6 Å². The number of aryl methyl sites for hydroxylation is 2. The Morgan fingerprint density at radius 2 is 2.04 bits per heavy atom. The molecular formula is C22H23ClN2O3. The van der Waals surface area contributed by atoms with Crippen LogP contribution < -0.4 is 14.9 Å². The van der Waals surface area contributed by atoms with Gasteiger partial charge in [0.1, 0.15) is 6.61 Å². The molecule has 2 rings (SSSR count). The highest BCUT2D eigenvalue weighted by Gasteiger charge is 2.12. The van der Waals surface area contributed by atoms with Crippen molar-refractivity contribution in [3.05, 3.63) is 57.6 Å². The third kappa shape index (κ3) is 6.04. The standard InChI is InChI=1S/C22H23ClN2O3/c1-5-9-28-22-19(23)11-18(12-20(22)27-6-2)14-24-25-21(26)13-17-8-7-15(3)16(4)10-17/h1,7-8,10-12,14H,6,9,13H2,2-4H3,(H,25,26)/b24-14-. The van der Waals surface area contributed by atoms with E-state index in [2.05, 4.69) is 16.4 Å². The molecule has 0 aliphatic heterocycles. The second-order valence-electron chi connectivity index (χ2n) is 6.14. The van der Waals surface area contributed by atoms with Crippen LogP contribution in [0.5, 0.6) is 11.5 Å². The summed E-state index contributed by atoms with van der Waals surface area (Å²) >= 11 is 6.26. The summed E-state index contributed by atoms with van der Waals surface area (Å²) in [5.41, 5.74) is 6.47. The van der Waals surface area contributed by atoms with E-state index >= 15 is 0 Å². The van der Waals surface area contributed by atoms with Crippen molar-refractivity contribution in [1.82, 2.24) is 5.43 Å². The van der Waals surface area contributed by atoms with E-state index in [0.29, 0.717) is 28.7 Å². The lowest BCUT2D eigenvalue weighted by molar-refractivity contribution is -0.120. The number of ether oxygens (including phenoxy) is 2. The van der Waals surface area contributed by atoms with Crippen molar-refractivity contribution < 1.29 is 14.3 Å². The van der Waals surface area contributed by atoms with Crippen LogP contribution in [0.4, 0.5) is 0 Å². The van der Waals surface area contributed by atoms with Gasteiger partial charge < -0.3 is 9.47 Å². The number of hydrogen-bond acceptors (Lipinski definition) is 4. The topological polar surface area (TPSA) is 59.9 Å². The molecule has 2 aromatic carbocycles. The number of hydrogen-bond donors (Lipinski definition) is 1. The maximum atomic E-state index is 12.1. The molecule has 0 aliphatic carbocycles. The van der Waals surface area contributed by atoms with Gasteiger partial charge in [-0.15, -0.1) is 6.42 Å². The van der Waals surface area contributed by atoms with Crippen LogP contribution in [0.2, 0.25) is 5.02 Å². The molecule has 0 radical (unpaired) electrons. The van der Waals surface area contributed by atoms with Crippen molar-refractivity contribution in [3.63, 3.8) is 0 Å². The number of terminal acetylenes is 1. The molecular weight excluding hydrogens is 376 g/mol. The van der Waals surface area contributed by atoms with Crippen LogP contribution in [-0.4, -0.2) is 25.3 Å². The summed E-state index contributed by atoms with van der Waals surface area (Å²) in [6.07, 6.45) is 6.97. The number of amides is 1. The van der Waals surface area contributed by atoms with Crippen molar-refractivity contribution in [2.75, 3.05) is 13.2 Å². The molecule has 0 aromatic heterocycles. The highest BCUT2D eigenvalue weighted by Crippen LogP contribution is 2.36. The molecule has 5 nitrogen and oxygen atoms in total. The molecule has 0 aliphatic rings. The van der Waals surface area contributed by atoms with Gasteiger partial charge in [0, 0.05) is 0 Å². The lowest BCUT2D eigenvalue weighted by Crippen LogP contribution is -2.19. The van der Waals surface area contributed by atoms with Gasteiger partial charge in [0.15, 0.2) is 11.5 Å². The first-order valence-electron chi connectivity index (χ1n) is 8.85. The van der Waals surface area contributed by atoms with Crippen molar-refractivity contribution in [1.29, 1.82) is 0 Å². The van der Waals surface area contributed by atoms with E-state index < -0.39 is 0 Å². The summed E-state index contributed by atoms with van der Waals surface area (Å²) in [6.45, 7) is 6.43. The molecule has 146 valence electrons. The molecule has 28 heavy (non-hydrogen) atoms. The Morgan fingerprint density at radius 3 is 2.71 bits per heavy atom. The van der Waals surface area contributed by atoms with E-state index in [4.69, 9.17) is 27.5 Å². The molecule has 2 aromatic rings. The molecule has 0 fully saturated rings. The van der Waals surface area contributed by atoms with Crippen molar-refractivity contribution in [2.45, 2.75) is 27.2 Å². The minimum atomic E-state index is -0.204. The zero-order chi connectivity index (χ0) is 20.5. The summed E-state index contributed by atoms with van der Waals surface area (Å²) in [5.74, 6) is 3.04. The SMILES string of the molecule is C#CCOc1c(Cl)cc(/C=N\NC(=O)Cc2ccc(C)c(C)c2)cc1OCC. The van der Waals surface area contributed by atoms with Gasteiger partial charge in [-0.25, -0.2) is 5.43 Å². The molecule has 0 atom stereocenters. The fourth-order valence-electron chi connectivity index (χ4n) is 2.50. The highest BCUT2D eigenvalue weighted by atomic mass is 35.5. The van der Waals surface area contributed by atoms with E-state index in [1.807, 2.05) is 39.0 Å². The summed E-state index contributed by atoms with van der Waals surface area (Å²) < 4.78 is 11.0. The van der Waals surface area contributed by atoms with Crippen LogP contribution in [-0.2, 0) is 11.2 Å². The predicted octanol–water partition coefficient (Wildman–Crippen LogP) is 4.06.